The number of ether oxygens (including phenoxy) is 2. The summed E-state index contributed by atoms with van der Waals surface area (Å²) in [5.41, 5.74) is 0.741. The normalized spacial score (nSPS) is 11.1. The third-order valence-electron chi connectivity index (χ3n) is 3.13. The lowest BCUT2D eigenvalue weighted by molar-refractivity contribution is 0.0336. The van der Waals surface area contributed by atoms with Crippen molar-refractivity contribution in [1.29, 1.82) is 0 Å². The fourth-order valence-corrected chi connectivity index (χ4v) is 2.06. The van der Waals surface area contributed by atoms with Crippen molar-refractivity contribution < 1.29 is 23.8 Å². The Hall–Kier alpha value is -1.85. The summed E-state index contributed by atoms with van der Waals surface area (Å²) < 4.78 is 16.4. The van der Waals surface area contributed by atoms with Gasteiger partial charge in [0.1, 0.15) is 23.5 Å². The van der Waals surface area contributed by atoms with Gasteiger partial charge in [-0.05, 0) is 12.5 Å². The first-order valence-electron chi connectivity index (χ1n) is 7.13. The molecule has 0 saturated heterocycles. The van der Waals surface area contributed by atoms with Crippen LogP contribution < -0.4 is 0 Å². The van der Waals surface area contributed by atoms with Crippen molar-refractivity contribution >= 4 is 16.9 Å². The first-order chi connectivity index (χ1) is 10.2. The molecule has 0 bridgehead atoms. The summed E-state index contributed by atoms with van der Waals surface area (Å²) in [6.45, 7) is 3.88. The van der Waals surface area contributed by atoms with E-state index in [-0.39, 0.29) is 12.2 Å². The van der Waals surface area contributed by atoms with Crippen LogP contribution in [-0.2, 0) is 16.1 Å². The maximum atomic E-state index is 11.4. The highest BCUT2D eigenvalue weighted by atomic mass is 16.5. The monoisotopic (exact) mass is 292 g/mol. The average molecular weight is 292 g/mol. The van der Waals surface area contributed by atoms with E-state index in [1.165, 1.54) is 0 Å². The fourth-order valence-electron chi connectivity index (χ4n) is 2.06. The van der Waals surface area contributed by atoms with Gasteiger partial charge in [-0.15, -0.1) is 0 Å². The molecule has 0 spiro atoms. The van der Waals surface area contributed by atoms with E-state index in [4.69, 9.17) is 13.9 Å². The van der Waals surface area contributed by atoms with Crippen LogP contribution in [0.1, 0.15) is 35.9 Å². The minimum absolute atomic E-state index is 0.132. The molecule has 2 aromatic rings. The topological polar surface area (TPSA) is 68.9 Å². The fraction of sp³-hybridized carbons (Fsp3) is 0.438. The Morgan fingerprint density at radius 2 is 1.95 bits per heavy atom. The van der Waals surface area contributed by atoms with E-state index in [9.17, 15) is 9.90 Å². The van der Waals surface area contributed by atoms with Crippen molar-refractivity contribution in [3.05, 3.63) is 35.6 Å². The number of para-hydroxylation sites is 1. The van der Waals surface area contributed by atoms with Crippen molar-refractivity contribution in [2.45, 2.75) is 26.4 Å². The molecule has 114 valence electrons. The number of hydrogen-bond donors (Lipinski definition) is 1. The average Bonchev–Trinajstić information content (AvgIpc) is 2.84. The summed E-state index contributed by atoms with van der Waals surface area (Å²) in [6, 6.07) is 7.08. The van der Waals surface area contributed by atoms with Gasteiger partial charge in [0.05, 0.1) is 13.2 Å². The van der Waals surface area contributed by atoms with Gasteiger partial charge in [0.2, 0.25) is 0 Å². The van der Waals surface area contributed by atoms with E-state index in [0.29, 0.717) is 29.9 Å². The van der Waals surface area contributed by atoms with Crippen LogP contribution in [0.25, 0.3) is 11.0 Å². The van der Waals surface area contributed by atoms with Crippen LogP contribution in [0.5, 0.6) is 0 Å². The Morgan fingerprint density at radius 1 is 1.19 bits per heavy atom. The Labute approximate surface area is 123 Å². The zero-order chi connectivity index (χ0) is 15.1. The van der Waals surface area contributed by atoms with Crippen LogP contribution in [0, 0.1) is 0 Å². The number of carboxylic acids is 1. The highest BCUT2D eigenvalue weighted by Gasteiger charge is 2.19. The van der Waals surface area contributed by atoms with Gasteiger partial charge in [-0.25, -0.2) is 4.79 Å². The van der Waals surface area contributed by atoms with Gasteiger partial charge < -0.3 is 19.0 Å². The van der Waals surface area contributed by atoms with Crippen LogP contribution in [0.15, 0.2) is 28.7 Å². The van der Waals surface area contributed by atoms with Gasteiger partial charge in [0.25, 0.3) is 0 Å². The Kier molecular flexibility index (Phi) is 5.78. The molecule has 1 aromatic heterocycles. The number of benzene rings is 1. The summed E-state index contributed by atoms with van der Waals surface area (Å²) in [5, 5.41) is 9.91. The highest BCUT2D eigenvalue weighted by molar-refractivity contribution is 6.03. The molecule has 0 saturated carbocycles. The number of carboxylic acid groups (broad SMARTS) is 1. The van der Waals surface area contributed by atoms with Crippen molar-refractivity contribution in [3.63, 3.8) is 0 Å². The highest BCUT2D eigenvalue weighted by Crippen LogP contribution is 2.26. The Morgan fingerprint density at radius 3 is 2.71 bits per heavy atom. The molecule has 21 heavy (non-hydrogen) atoms. The first kappa shape index (κ1) is 15.5. The molecule has 5 nitrogen and oxygen atoms in total. The zero-order valence-electron chi connectivity index (χ0n) is 12.1. The summed E-state index contributed by atoms with van der Waals surface area (Å²) in [5.74, 6) is -0.657. The smallest absolute Gasteiger partial charge is 0.340 e. The number of carbonyl (C=O) groups is 1. The predicted octanol–water partition coefficient (Wildman–Crippen LogP) is 3.46. The molecule has 0 amide bonds. The van der Waals surface area contributed by atoms with Gasteiger partial charge in [0, 0.05) is 12.0 Å². The van der Waals surface area contributed by atoms with E-state index in [2.05, 4.69) is 6.92 Å². The van der Waals surface area contributed by atoms with Crippen LogP contribution in [-0.4, -0.2) is 30.9 Å². The molecular weight excluding hydrogens is 272 g/mol. The molecule has 0 unspecified atom stereocenters. The SMILES string of the molecule is CCCCOCCOCc1oc2ccccc2c1C(=O)O. The van der Waals surface area contributed by atoms with Crippen molar-refractivity contribution in [2.24, 2.45) is 0 Å². The van der Waals surface area contributed by atoms with Crippen LogP contribution >= 0.6 is 0 Å². The van der Waals surface area contributed by atoms with Crippen LogP contribution in [0.2, 0.25) is 0 Å². The molecule has 0 aliphatic carbocycles. The van der Waals surface area contributed by atoms with E-state index in [1.54, 1.807) is 18.2 Å². The molecular formula is C16H20O5. The van der Waals surface area contributed by atoms with Crippen LogP contribution in [0.3, 0.4) is 0 Å². The third-order valence-corrected chi connectivity index (χ3v) is 3.13. The van der Waals surface area contributed by atoms with Crippen molar-refractivity contribution in [3.8, 4) is 0 Å². The number of unbranched alkanes of at least 4 members (excludes halogenated alkanes) is 1. The second kappa shape index (κ2) is 7.81. The van der Waals surface area contributed by atoms with Crippen molar-refractivity contribution in [1.82, 2.24) is 0 Å². The minimum Gasteiger partial charge on any atom is -0.478 e. The quantitative estimate of drug-likeness (QED) is 0.717. The first-order valence-corrected chi connectivity index (χ1v) is 7.13. The van der Waals surface area contributed by atoms with Gasteiger partial charge >= 0.3 is 5.97 Å². The van der Waals surface area contributed by atoms with E-state index in [1.807, 2.05) is 6.07 Å². The maximum Gasteiger partial charge on any atom is 0.340 e. The summed E-state index contributed by atoms with van der Waals surface area (Å²) >= 11 is 0. The number of fused-ring (bicyclic) bond motifs is 1. The number of aromatic carboxylic acids is 1. The molecule has 0 fully saturated rings. The third kappa shape index (κ3) is 4.06. The maximum absolute atomic E-state index is 11.4. The molecule has 0 aliphatic heterocycles. The van der Waals surface area contributed by atoms with E-state index >= 15 is 0 Å². The largest absolute Gasteiger partial charge is 0.478 e. The summed E-state index contributed by atoms with van der Waals surface area (Å²) in [7, 11) is 0. The summed E-state index contributed by atoms with van der Waals surface area (Å²) in [4.78, 5) is 11.4. The lowest BCUT2D eigenvalue weighted by Gasteiger charge is -2.04. The van der Waals surface area contributed by atoms with Gasteiger partial charge in [-0.1, -0.05) is 31.5 Å². The standard InChI is InChI=1S/C16H20O5/c1-2-3-8-19-9-10-20-11-14-15(16(17)18)12-6-4-5-7-13(12)21-14/h4-7H,2-3,8-11H2,1H3,(H,17,18). The molecule has 0 atom stereocenters. The van der Waals surface area contributed by atoms with Crippen LogP contribution in [0.4, 0.5) is 0 Å². The second-order valence-corrected chi connectivity index (χ2v) is 4.72. The van der Waals surface area contributed by atoms with Gasteiger partial charge in [0.15, 0.2) is 0 Å². The Bertz CT molecular complexity index is 587. The number of hydrogen-bond acceptors (Lipinski definition) is 4. The van der Waals surface area contributed by atoms with Gasteiger partial charge in [-0.2, -0.15) is 0 Å². The molecule has 1 aromatic carbocycles. The number of rotatable bonds is 9. The second-order valence-electron chi connectivity index (χ2n) is 4.72. The number of furan rings is 1. The molecule has 0 radical (unpaired) electrons. The van der Waals surface area contributed by atoms with Crippen molar-refractivity contribution in [2.75, 3.05) is 19.8 Å². The van der Waals surface area contributed by atoms with Gasteiger partial charge in [-0.3, -0.25) is 0 Å². The Balaban J connectivity index is 1.92. The zero-order valence-corrected chi connectivity index (χ0v) is 12.1. The molecule has 1 heterocycles. The molecule has 5 heteroatoms. The van der Waals surface area contributed by atoms with E-state index < -0.39 is 5.97 Å². The van der Waals surface area contributed by atoms with E-state index in [0.717, 1.165) is 19.4 Å². The lowest BCUT2D eigenvalue weighted by atomic mass is 10.1. The predicted molar refractivity (Wildman–Crippen MR) is 78.6 cm³/mol. The summed E-state index contributed by atoms with van der Waals surface area (Å²) in [6.07, 6.45) is 2.13. The molecule has 0 aliphatic rings. The molecule has 2 rings (SSSR count). The lowest BCUT2D eigenvalue weighted by Crippen LogP contribution is -2.07. The molecule has 1 N–H and O–H groups in total. The minimum atomic E-state index is -1.00.